The van der Waals surface area contributed by atoms with E-state index < -0.39 is 17.5 Å². The zero-order valence-electron chi connectivity index (χ0n) is 9.27. The van der Waals surface area contributed by atoms with E-state index in [0.717, 1.165) is 10.5 Å². The Balaban J connectivity index is 2.34. The first-order chi connectivity index (χ1) is 8.47. The predicted molar refractivity (Wildman–Crippen MR) is 66.3 cm³/mol. The fraction of sp³-hybridized carbons (Fsp3) is 0.0833. The standard InChI is InChI=1S/C12H8BrF3N2/c1-6-7(13)2-3-12(17-6)18-11-5-9(15)8(14)4-10(11)16/h2-5H,1H3,(H,17,18). The minimum Gasteiger partial charge on any atom is -0.338 e. The molecular weight excluding hydrogens is 309 g/mol. The summed E-state index contributed by atoms with van der Waals surface area (Å²) in [6.45, 7) is 1.76. The van der Waals surface area contributed by atoms with Gasteiger partial charge in [-0.3, -0.25) is 0 Å². The SMILES string of the molecule is Cc1nc(Nc2cc(F)c(F)cc2F)ccc1Br. The summed E-state index contributed by atoms with van der Waals surface area (Å²) in [6, 6.07) is 4.56. The van der Waals surface area contributed by atoms with Crippen LogP contribution in [-0.2, 0) is 0 Å². The van der Waals surface area contributed by atoms with E-state index in [4.69, 9.17) is 0 Å². The number of aryl methyl sites for hydroxylation is 1. The van der Waals surface area contributed by atoms with Crippen LogP contribution in [-0.4, -0.2) is 4.98 Å². The van der Waals surface area contributed by atoms with E-state index in [0.29, 0.717) is 17.6 Å². The zero-order valence-corrected chi connectivity index (χ0v) is 10.9. The van der Waals surface area contributed by atoms with Gasteiger partial charge in [0.05, 0.1) is 11.4 Å². The molecule has 0 saturated carbocycles. The second-order valence-corrected chi connectivity index (χ2v) is 4.49. The molecule has 0 bridgehead atoms. The van der Waals surface area contributed by atoms with Crippen LogP contribution in [0.3, 0.4) is 0 Å². The lowest BCUT2D eigenvalue weighted by Gasteiger charge is -2.08. The average molecular weight is 317 g/mol. The summed E-state index contributed by atoms with van der Waals surface area (Å²) in [5.74, 6) is -2.87. The number of benzene rings is 1. The topological polar surface area (TPSA) is 24.9 Å². The van der Waals surface area contributed by atoms with Gasteiger partial charge in [0.25, 0.3) is 0 Å². The van der Waals surface area contributed by atoms with Gasteiger partial charge in [-0.1, -0.05) is 0 Å². The quantitative estimate of drug-likeness (QED) is 0.835. The highest BCUT2D eigenvalue weighted by Gasteiger charge is 2.10. The summed E-state index contributed by atoms with van der Waals surface area (Å²) in [4.78, 5) is 4.12. The molecule has 0 saturated heterocycles. The highest BCUT2D eigenvalue weighted by Crippen LogP contribution is 2.23. The third kappa shape index (κ3) is 2.64. The number of anilines is 2. The lowest BCUT2D eigenvalue weighted by molar-refractivity contribution is 0.496. The van der Waals surface area contributed by atoms with Crippen LogP contribution in [0.1, 0.15) is 5.69 Å². The molecule has 0 aliphatic carbocycles. The first kappa shape index (κ1) is 12.9. The largest absolute Gasteiger partial charge is 0.338 e. The summed E-state index contributed by atoms with van der Waals surface area (Å²) in [6.07, 6.45) is 0. The Bertz CT molecular complexity index is 602. The maximum atomic E-state index is 13.4. The molecule has 6 heteroatoms. The minimum atomic E-state index is -1.22. The monoisotopic (exact) mass is 316 g/mol. The van der Waals surface area contributed by atoms with Crippen molar-refractivity contribution in [2.75, 3.05) is 5.32 Å². The maximum absolute atomic E-state index is 13.4. The van der Waals surface area contributed by atoms with Crippen LogP contribution in [0.25, 0.3) is 0 Å². The number of halogens is 4. The molecule has 0 aliphatic rings. The Morgan fingerprint density at radius 1 is 1.06 bits per heavy atom. The van der Waals surface area contributed by atoms with E-state index in [1.165, 1.54) is 0 Å². The smallest absolute Gasteiger partial charge is 0.161 e. The van der Waals surface area contributed by atoms with Gasteiger partial charge >= 0.3 is 0 Å². The van der Waals surface area contributed by atoms with E-state index in [1.807, 2.05) is 0 Å². The molecule has 0 aliphatic heterocycles. The van der Waals surface area contributed by atoms with E-state index >= 15 is 0 Å². The molecule has 0 atom stereocenters. The van der Waals surface area contributed by atoms with E-state index in [2.05, 4.69) is 26.2 Å². The van der Waals surface area contributed by atoms with Gasteiger partial charge < -0.3 is 5.32 Å². The van der Waals surface area contributed by atoms with Gasteiger partial charge in [0, 0.05) is 16.6 Å². The Morgan fingerprint density at radius 3 is 2.39 bits per heavy atom. The third-order valence-electron chi connectivity index (χ3n) is 2.29. The second kappa shape index (κ2) is 4.97. The lowest BCUT2D eigenvalue weighted by atomic mass is 10.2. The minimum absolute atomic E-state index is 0.164. The van der Waals surface area contributed by atoms with Crippen molar-refractivity contribution in [1.82, 2.24) is 4.98 Å². The summed E-state index contributed by atoms with van der Waals surface area (Å²) in [5.41, 5.74) is 0.533. The average Bonchev–Trinajstić information content (AvgIpc) is 2.31. The van der Waals surface area contributed by atoms with Gasteiger partial charge in [-0.05, 0) is 35.0 Å². The van der Waals surface area contributed by atoms with E-state index in [-0.39, 0.29) is 5.69 Å². The Kier molecular flexibility index (Phi) is 3.56. The number of hydrogen-bond donors (Lipinski definition) is 1. The molecule has 2 nitrogen and oxygen atoms in total. The molecule has 1 heterocycles. The van der Waals surface area contributed by atoms with Crippen molar-refractivity contribution >= 4 is 27.4 Å². The Hall–Kier alpha value is -1.56. The fourth-order valence-electron chi connectivity index (χ4n) is 1.37. The molecule has 0 fully saturated rings. The number of pyridine rings is 1. The van der Waals surface area contributed by atoms with Crippen LogP contribution in [0.4, 0.5) is 24.7 Å². The van der Waals surface area contributed by atoms with Gasteiger partial charge in [0.1, 0.15) is 11.6 Å². The summed E-state index contributed by atoms with van der Waals surface area (Å²) in [5, 5.41) is 2.59. The molecule has 1 aromatic heterocycles. The van der Waals surface area contributed by atoms with Crippen molar-refractivity contribution in [3.63, 3.8) is 0 Å². The van der Waals surface area contributed by atoms with Gasteiger partial charge in [-0.15, -0.1) is 0 Å². The Labute approximate surface area is 110 Å². The van der Waals surface area contributed by atoms with Crippen molar-refractivity contribution in [1.29, 1.82) is 0 Å². The summed E-state index contributed by atoms with van der Waals surface area (Å²) < 4.78 is 39.9. The third-order valence-corrected chi connectivity index (χ3v) is 3.13. The van der Waals surface area contributed by atoms with Crippen molar-refractivity contribution in [2.24, 2.45) is 0 Å². The first-order valence-electron chi connectivity index (χ1n) is 5.02. The van der Waals surface area contributed by atoms with Crippen molar-refractivity contribution < 1.29 is 13.2 Å². The molecule has 2 rings (SSSR count). The fourth-order valence-corrected chi connectivity index (χ4v) is 1.59. The van der Waals surface area contributed by atoms with Crippen molar-refractivity contribution in [3.8, 4) is 0 Å². The number of nitrogens with zero attached hydrogens (tertiary/aromatic N) is 1. The number of rotatable bonds is 2. The van der Waals surface area contributed by atoms with Crippen LogP contribution in [0.2, 0.25) is 0 Å². The molecule has 1 aromatic carbocycles. The van der Waals surface area contributed by atoms with Crippen LogP contribution in [0, 0.1) is 24.4 Å². The van der Waals surface area contributed by atoms with Gasteiger partial charge in [0.2, 0.25) is 0 Å². The number of hydrogen-bond acceptors (Lipinski definition) is 2. The molecule has 0 amide bonds. The Morgan fingerprint density at radius 2 is 1.72 bits per heavy atom. The maximum Gasteiger partial charge on any atom is 0.161 e. The van der Waals surface area contributed by atoms with E-state index in [9.17, 15) is 13.2 Å². The highest BCUT2D eigenvalue weighted by molar-refractivity contribution is 9.10. The van der Waals surface area contributed by atoms with Crippen LogP contribution >= 0.6 is 15.9 Å². The molecule has 1 N–H and O–H groups in total. The summed E-state index contributed by atoms with van der Waals surface area (Å²) >= 11 is 3.28. The van der Waals surface area contributed by atoms with Gasteiger partial charge in [-0.25, -0.2) is 18.2 Å². The second-order valence-electron chi connectivity index (χ2n) is 3.63. The van der Waals surface area contributed by atoms with Crippen LogP contribution in [0.15, 0.2) is 28.7 Å². The normalized spacial score (nSPS) is 10.5. The van der Waals surface area contributed by atoms with Gasteiger partial charge in [0.15, 0.2) is 11.6 Å². The summed E-state index contributed by atoms with van der Waals surface area (Å²) in [7, 11) is 0. The first-order valence-corrected chi connectivity index (χ1v) is 5.81. The molecule has 0 unspecified atom stereocenters. The molecular formula is C12H8BrF3N2. The molecule has 0 spiro atoms. The predicted octanol–water partition coefficient (Wildman–Crippen LogP) is 4.31. The van der Waals surface area contributed by atoms with E-state index in [1.54, 1.807) is 19.1 Å². The van der Waals surface area contributed by atoms with Crippen molar-refractivity contribution in [2.45, 2.75) is 6.92 Å². The molecule has 18 heavy (non-hydrogen) atoms. The van der Waals surface area contributed by atoms with Crippen molar-refractivity contribution in [3.05, 3.63) is 51.9 Å². The van der Waals surface area contributed by atoms with Gasteiger partial charge in [-0.2, -0.15) is 0 Å². The number of nitrogens with one attached hydrogen (secondary N) is 1. The lowest BCUT2D eigenvalue weighted by Crippen LogP contribution is -1.99. The van der Waals surface area contributed by atoms with Crippen LogP contribution < -0.4 is 5.32 Å². The number of aromatic nitrogens is 1. The molecule has 94 valence electrons. The van der Waals surface area contributed by atoms with Crippen LogP contribution in [0.5, 0.6) is 0 Å². The zero-order chi connectivity index (χ0) is 13.3. The highest BCUT2D eigenvalue weighted by atomic mass is 79.9. The molecule has 2 aromatic rings. The molecule has 0 radical (unpaired) electrons.